The van der Waals surface area contributed by atoms with Gasteiger partial charge in [0, 0.05) is 5.56 Å². The van der Waals surface area contributed by atoms with Gasteiger partial charge in [0.1, 0.15) is 0 Å². The highest BCUT2D eigenvalue weighted by atomic mass is 19.2. The predicted molar refractivity (Wildman–Crippen MR) is 48.2 cm³/mol. The largest absolute Gasteiger partial charge is 0.321 e. The summed E-state index contributed by atoms with van der Waals surface area (Å²) in [5.41, 5.74) is 5.90. The van der Waals surface area contributed by atoms with Crippen LogP contribution in [0.3, 0.4) is 0 Å². The van der Waals surface area contributed by atoms with Crippen molar-refractivity contribution in [2.45, 2.75) is 13.0 Å². The van der Waals surface area contributed by atoms with E-state index in [1.807, 2.05) is 0 Å². The molecular weight excluding hydrogens is 172 g/mol. The Morgan fingerprint density at radius 1 is 1.38 bits per heavy atom. The summed E-state index contributed by atoms with van der Waals surface area (Å²) in [7, 11) is 0. The topological polar surface area (TPSA) is 26.0 Å². The molecule has 0 fully saturated rings. The molecule has 0 heterocycles. The van der Waals surface area contributed by atoms with E-state index in [1.165, 1.54) is 25.1 Å². The average Bonchev–Trinajstić information content (AvgIpc) is 2.13. The van der Waals surface area contributed by atoms with Crippen LogP contribution in [-0.2, 0) is 0 Å². The SMILES string of the molecule is C=CC(N)c1ccc(C)c(F)c1F. The number of nitrogens with two attached hydrogens (primary N) is 1. The maximum atomic E-state index is 13.2. The third-order valence-corrected chi connectivity index (χ3v) is 1.92. The lowest BCUT2D eigenvalue weighted by molar-refractivity contribution is 0.490. The lowest BCUT2D eigenvalue weighted by Crippen LogP contribution is -2.10. The van der Waals surface area contributed by atoms with Crippen LogP contribution in [0.5, 0.6) is 0 Å². The van der Waals surface area contributed by atoms with Crippen LogP contribution >= 0.6 is 0 Å². The summed E-state index contributed by atoms with van der Waals surface area (Å²) in [4.78, 5) is 0. The van der Waals surface area contributed by atoms with E-state index >= 15 is 0 Å². The van der Waals surface area contributed by atoms with E-state index in [-0.39, 0.29) is 11.1 Å². The first kappa shape index (κ1) is 9.86. The molecule has 0 aliphatic heterocycles. The van der Waals surface area contributed by atoms with E-state index in [2.05, 4.69) is 6.58 Å². The van der Waals surface area contributed by atoms with Crippen LogP contribution in [0, 0.1) is 18.6 Å². The summed E-state index contributed by atoms with van der Waals surface area (Å²) in [6.07, 6.45) is 1.37. The Balaban J connectivity index is 3.25. The summed E-state index contributed by atoms with van der Waals surface area (Å²) in [6.45, 7) is 4.92. The van der Waals surface area contributed by atoms with Gasteiger partial charge in [-0.25, -0.2) is 8.78 Å². The molecule has 1 aromatic carbocycles. The molecule has 70 valence electrons. The molecule has 0 amide bonds. The van der Waals surface area contributed by atoms with Gasteiger partial charge >= 0.3 is 0 Å². The number of aryl methyl sites for hydroxylation is 1. The average molecular weight is 183 g/mol. The molecule has 0 bridgehead atoms. The van der Waals surface area contributed by atoms with Crippen LogP contribution in [0.4, 0.5) is 8.78 Å². The van der Waals surface area contributed by atoms with Crippen LogP contribution in [0.1, 0.15) is 17.2 Å². The molecule has 0 radical (unpaired) electrons. The molecule has 1 nitrogen and oxygen atoms in total. The first-order chi connectivity index (χ1) is 6.07. The highest BCUT2D eigenvalue weighted by molar-refractivity contribution is 5.29. The Bertz CT molecular complexity index is 334. The zero-order valence-electron chi connectivity index (χ0n) is 7.35. The molecule has 0 aliphatic rings. The summed E-state index contributed by atoms with van der Waals surface area (Å²) >= 11 is 0. The van der Waals surface area contributed by atoms with Crippen molar-refractivity contribution in [1.82, 2.24) is 0 Å². The van der Waals surface area contributed by atoms with E-state index in [4.69, 9.17) is 5.73 Å². The summed E-state index contributed by atoms with van der Waals surface area (Å²) in [5, 5.41) is 0. The Morgan fingerprint density at radius 3 is 2.54 bits per heavy atom. The zero-order valence-corrected chi connectivity index (χ0v) is 7.35. The fraction of sp³-hybridized carbons (Fsp3) is 0.200. The van der Waals surface area contributed by atoms with Gasteiger partial charge in [-0.2, -0.15) is 0 Å². The standard InChI is InChI=1S/C10H11F2N/c1-3-8(13)7-5-4-6(2)9(11)10(7)12/h3-5,8H,1,13H2,2H3. The molecular formula is C10H11F2N. The van der Waals surface area contributed by atoms with Crippen molar-refractivity contribution in [3.8, 4) is 0 Å². The van der Waals surface area contributed by atoms with Gasteiger partial charge in [-0.1, -0.05) is 18.2 Å². The minimum Gasteiger partial charge on any atom is -0.321 e. The monoisotopic (exact) mass is 183 g/mol. The molecule has 0 saturated heterocycles. The molecule has 1 unspecified atom stereocenters. The van der Waals surface area contributed by atoms with E-state index in [1.54, 1.807) is 0 Å². The number of hydrogen-bond donors (Lipinski definition) is 1. The van der Waals surface area contributed by atoms with E-state index in [0.717, 1.165) is 0 Å². The summed E-state index contributed by atoms with van der Waals surface area (Å²) in [6, 6.07) is 2.31. The molecule has 1 aromatic rings. The zero-order chi connectivity index (χ0) is 10.0. The quantitative estimate of drug-likeness (QED) is 0.700. The van der Waals surface area contributed by atoms with Crippen molar-refractivity contribution in [2.24, 2.45) is 5.73 Å². The molecule has 0 spiro atoms. The number of hydrogen-bond acceptors (Lipinski definition) is 1. The minimum atomic E-state index is -0.882. The van der Waals surface area contributed by atoms with Gasteiger partial charge in [0.05, 0.1) is 6.04 Å². The van der Waals surface area contributed by atoms with Gasteiger partial charge in [-0.15, -0.1) is 6.58 Å². The third-order valence-electron chi connectivity index (χ3n) is 1.92. The minimum absolute atomic E-state index is 0.137. The van der Waals surface area contributed by atoms with Crippen LogP contribution < -0.4 is 5.73 Å². The molecule has 0 saturated carbocycles. The van der Waals surface area contributed by atoms with Crippen molar-refractivity contribution in [2.75, 3.05) is 0 Å². The maximum absolute atomic E-state index is 13.2. The van der Waals surface area contributed by atoms with Crippen LogP contribution in [0.2, 0.25) is 0 Å². The molecule has 1 atom stereocenters. The lowest BCUT2D eigenvalue weighted by atomic mass is 10.0. The van der Waals surface area contributed by atoms with Crippen molar-refractivity contribution in [3.05, 3.63) is 47.5 Å². The Kier molecular flexibility index (Phi) is 2.78. The molecule has 0 aliphatic carbocycles. The van der Waals surface area contributed by atoms with Gasteiger partial charge in [-0.3, -0.25) is 0 Å². The Morgan fingerprint density at radius 2 is 2.00 bits per heavy atom. The lowest BCUT2D eigenvalue weighted by Gasteiger charge is -2.09. The predicted octanol–water partition coefficient (Wildman–Crippen LogP) is 2.46. The van der Waals surface area contributed by atoms with Crippen LogP contribution in [0.25, 0.3) is 0 Å². The highest BCUT2D eigenvalue weighted by Gasteiger charge is 2.13. The second-order valence-corrected chi connectivity index (χ2v) is 2.86. The fourth-order valence-corrected chi connectivity index (χ4v) is 1.05. The number of halogens is 2. The highest BCUT2D eigenvalue weighted by Crippen LogP contribution is 2.20. The second kappa shape index (κ2) is 3.66. The Labute approximate surface area is 75.9 Å². The van der Waals surface area contributed by atoms with Gasteiger partial charge in [0.2, 0.25) is 0 Å². The summed E-state index contributed by atoms with van der Waals surface area (Å²) < 4.78 is 26.2. The van der Waals surface area contributed by atoms with Gasteiger partial charge < -0.3 is 5.73 Å². The summed E-state index contributed by atoms with van der Waals surface area (Å²) in [5.74, 6) is -1.72. The number of benzene rings is 1. The van der Waals surface area contributed by atoms with Crippen LogP contribution in [0.15, 0.2) is 24.8 Å². The van der Waals surface area contributed by atoms with E-state index in [0.29, 0.717) is 0 Å². The third kappa shape index (κ3) is 1.75. The molecule has 13 heavy (non-hydrogen) atoms. The number of rotatable bonds is 2. The van der Waals surface area contributed by atoms with Crippen LogP contribution in [-0.4, -0.2) is 0 Å². The van der Waals surface area contributed by atoms with Crippen molar-refractivity contribution >= 4 is 0 Å². The van der Waals surface area contributed by atoms with Crippen molar-refractivity contribution < 1.29 is 8.78 Å². The first-order valence-electron chi connectivity index (χ1n) is 3.90. The molecule has 0 aromatic heterocycles. The van der Waals surface area contributed by atoms with Crippen molar-refractivity contribution in [3.63, 3.8) is 0 Å². The smallest absolute Gasteiger partial charge is 0.164 e. The molecule has 2 N–H and O–H groups in total. The van der Waals surface area contributed by atoms with Gasteiger partial charge in [0.25, 0.3) is 0 Å². The van der Waals surface area contributed by atoms with Gasteiger partial charge in [-0.05, 0) is 12.5 Å². The normalized spacial score (nSPS) is 12.6. The molecule has 3 heteroatoms. The fourth-order valence-electron chi connectivity index (χ4n) is 1.05. The molecule has 1 rings (SSSR count). The first-order valence-corrected chi connectivity index (χ1v) is 3.90. The second-order valence-electron chi connectivity index (χ2n) is 2.86. The maximum Gasteiger partial charge on any atom is 0.164 e. The Hall–Kier alpha value is -1.22. The van der Waals surface area contributed by atoms with E-state index < -0.39 is 17.7 Å². The van der Waals surface area contributed by atoms with Gasteiger partial charge in [0.15, 0.2) is 11.6 Å². The van der Waals surface area contributed by atoms with Crippen molar-refractivity contribution in [1.29, 1.82) is 0 Å². The van der Waals surface area contributed by atoms with E-state index in [9.17, 15) is 8.78 Å².